The van der Waals surface area contributed by atoms with Crippen LogP contribution in [-0.2, 0) is 0 Å². The molecule has 2 N–H and O–H groups in total. The molecular formula is C17H9F6NO4. The molecule has 0 radical (unpaired) electrons. The molecule has 28 heavy (non-hydrogen) atoms. The summed E-state index contributed by atoms with van der Waals surface area (Å²) in [4.78, 5) is 10.5. The minimum atomic E-state index is -5.70. The number of halogens is 6. The van der Waals surface area contributed by atoms with Gasteiger partial charge in [-0.25, -0.2) is 0 Å². The van der Waals surface area contributed by atoms with Crippen molar-refractivity contribution < 1.29 is 41.0 Å². The van der Waals surface area contributed by atoms with Gasteiger partial charge in [-0.2, -0.15) is 4.90 Å². The number of anilines is 1. The van der Waals surface area contributed by atoms with E-state index in [4.69, 9.17) is 4.42 Å². The minimum absolute atomic E-state index is 0.0187. The van der Waals surface area contributed by atoms with Crippen LogP contribution in [0.2, 0.25) is 0 Å². The van der Waals surface area contributed by atoms with Crippen molar-refractivity contribution >= 4 is 16.7 Å². The predicted octanol–water partition coefficient (Wildman–Crippen LogP) is 4.72. The number of nitrogens with zero attached hydrogens (tertiary/aromatic N) is 1. The maximum absolute atomic E-state index is 12.7. The first-order chi connectivity index (χ1) is 12.9. The van der Waals surface area contributed by atoms with Crippen LogP contribution >= 0.6 is 0 Å². The molecule has 0 atom stereocenters. The summed E-state index contributed by atoms with van der Waals surface area (Å²) in [6.45, 7) is 0. The van der Waals surface area contributed by atoms with Crippen molar-refractivity contribution in [3.63, 3.8) is 0 Å². The molecule has 1 aromatic heterocycles. The van der Waals surface area contributed by atoms with Gasteiger partial charge in [-0.05, 0) is 36.4 Å². The molecule has 1 heterocycles. The Labute approximate surface area is 151 Å². The molecular weight excluding hydrogens is 396 g/mol. The van der Waals surface area contributed by atoms with E-state index in [0.29, 0.717) is 12.1 Å². The Hall–Kier alpha value is -3.37. The van der Waals surface area contributed by atoms with Crippen LogP contribution in [0.3, 0.4) is 0 Å². The van der Waals surface area contributed by atoms with Crippen LogP contribution in [0.15, 0.2) is 51.7 Å². The van der Waals surface area contributed by atoms with Gasteiger partial charge in [0.1, 0.15) is 5.76 Å². The third-order valence-electron chi connectivity index (χ3n) is 3.77. The van der Waals surface area contributed by atoms with E-state index in [0.717, 1.165) is 24.3 Å². The van der Waals surface area contributed by atoms with Crippen molar-refractivity contribution in [1.82, 2.24) is 0 Å². The zero-order chi connectivity index (χ0) is 20.9. The van der Waals surface area contributed by atoms with Crippen LogP contribution in [0, 0.1) is 0 Å². The smallest absolute Gasteiger partial charge is 0.491 e. The van der Waals surface area contributed by atoms with E-state index in [1.807, 2.05) is 0 Å². The number of aromatic hydroxyl groups is 2. The van der Waals surface area contributed by atoms with Crippen LogP contribution in [0.5, 0.6) is 11.5 Å². The van der Waals surface area contributed by atoms with Crippen molar-refractivity contribution in [3.8, 4) is 22.8 Å². The van der Waals surface area contributed by atoms with Crippen LogP contribution in [-0.4, -0.2) is 22.8 Å². The van der Waals surface area contributed by atoms with Gasteiger partial charge >= 0.3 is 12.6 Å². The number of hydrogen-bond acceptors (Lipinski definition) is 5. The predicted molar refractivity (Wildman–Crippen MR) is 85.8 cm³/mol. The normalized spacial score (nSPS) is 12.4. The molecule has 0 amide bonds. The lowest BCUT2D eigenvalue weighted by atomic mass is 10.1. The second-order valence-electron chi connectivity index (χ2n) is 5.60. The van der Waals surface area contributed by atoms with Gasteiger partial charge in [0.25, 0.3) is 0 Å². The van der Waals surface area contributed by atoms with Gasteiger partial charge < -0.3 is 14.6 Å². The highest BCUT2D eigenvalue weighted by molar-refractivity contribution is 5.86. The third-order valence-corrected chi connectivity index (χ3v) is 3.77. The van der Waals surface area contributed by atoms with E-state index in [1.165, 1.54) is 6.07 Å². The van der Waals surface area contributed by atoms with Crippen molar-refractivity contribution in [2.24, 2.45) is 0 Å². The molecule has 0 saturated heterocycles. The second kappa shape index (κ2) is 6.36. The van der Waals surface area contributed by atoms with Gasteiger partial charge in [-0.1, -0.05) is 0 Å². The molecule has 0 aliphatic rings. The molecule has 5 nitrogen and oxygen atoms in total. The van der Waals surface area contributed by atoms with Gasteiger partial charge in [0.05, 0.1) is 11.1 Å². The Morgan fingerprint density at radius 2 is 1.43 bits per heavy atom. The zero-order valence-electron chi connectivity index (χ0n) is 13.5. The fourth-order valence-electron chi connectivity index (χ4n) is 2.55. The lowest BCUT2D eigenvalue weighted by molar-refractivity contribution is -0.226. The highest BCUT2D eigenvalue weighted by atomic mass is 19.4. The molecule has 0 aliphatic heterocycles. The molecule has 148 valence electrons. The lowest BCUT2D eigenvalue weighted by Crippen LogP contribution is -2.48. The van der Waals surface area contributed by atoms with Crippen molar-refractivity contribution in [2.75, 3.05) is 4.90 Å². The van der Waals surface area contributed by atoms with E-state index in [2.05, 4.69) is 0 Å². The largest absolute Gasteiger partial charge is 0.504 e. The Balaban J connectivity index is 2.09. The van der Waals surface area contributed by atoms with Crippen molar-refractivity contribution in [2.45, 2.75) is 12.6 Å². The van der Waals surface area contributed by atoms with Crippen LogP contribution in [0.1, 0.15) is 0 Å². The summed E-state index contributed by atoms with van der Waals surface area (Å²) in [6, 6.07) is 6.11. The summed E-state index contributed by atoms with van der Waals surface area (Å²) < 4.78 is 81.7. The highest BCUT2D eigenvalue weighted by Crippen LogP contribution is 2.39. The van der Waals surface area contributed by atoms with Gasteiger partial charge in [0.2, 0.25) is 5.75 Å². The summed E-state index contributed by atoms with van der Waals surface area (Å²) in [5.41, 5.74) is -2.22. The highest BCUT2D eigenvalue weighted by Gasteiger charge is 2.53. The summed E-state index contributed by atoms with van der Waals surface area (Å²) in [5.74, 6) is -1.53. The van der Waals surface area contributed by atoms with E-state index < -0.39 is 40.1 Å². The van der Waals surface area contributed by atoms with Gasteiger partial charge in [0, 0.05) is 11.6 Å². The second-order valence-corrected chi connectivity index (χ2v) is 5.60. The van der Waals surface area contributed by atoms with E-state index in [9.17, 15) is 41.4 Å². The summed E-state index contributed by atoms with van der Waals surface area (Å²) in [6.07, 6.45) is -11.4. The first-order valence-electron chi connectivity index (χ1n) is 7.42. The number of phenols is 2. The maximum atomic E-state index is 12.7. The van der Waals surface area contributed by atoms with E-state index >= 15 is 0 Å². The number of alkyl halides is 6. The molecule has 2 aromatic carbocycles. The molecule has 3 rings (SSSR count). The van der Waals surface area contributed by atoms with Crippen molar-refractivity contribution in [3.05, 3.63) is 52.7 Å². The fraction of sp³-hybridized carbons (Fsp3) is 0.118. The number of phenolic OH excluding ortho intramolecular Hbond substituents is 2. The van der Waals surface area contributed by atoms with Crippen LogP contribution < -0.4 is 10.3 Å². The Morgan fingerprint density at radius 1 is 0.857 bits per heavy atom. The monoisotopic (exact) mass is 405 g/mol. The maximum Gasteiger partial charge on any atom is 0.491 e. The molecule has 0 unspecified atom stereocenters. The molecule has 0 saturated carbocycles. The van der Waals surface area contributed by atoms with Gasteiger partial charge in [-0.3, -0.25) is 4.79 Å². The Morgan fingerprint density at radius 3 is 1.96 bits per heavy atom. The van der Waals surface area contributed by atoms with Crippen molar-refractivity contribution in [1.29, 1.82) is 0 Å². The fourth-order valence-corrected chi connectivity index (χ4v) is 2.55. The quantitative estimate of drug-likeness (QED) is 0.367. The van der Waals surface area contributed by atoms with Gasteiger partial charge in [0.15, 0.2) is 16.8 Å². The first-order valence-corrected chi connectivity index (χ1v) is 7.42. The average molecular weight is 405 g/mol. The van der Waals surface area contributed by atoms with E-state index in [1.54, 1.807) is 0 Å². The lowest BCUT2D eigenvalue weighted by Gasteiger charge is -2.28. The van der Waals surface area contributed by atoms with Gasteiger partial charge in [-0.15, -0.1) is 26.3 Å². The molecule has 11 heteroatoms. The molecule has 0 bridgehead atoms. The standard InChI is InChI=1S/C17H9F6NO4/c18-16(19,20)24(17(21,22)23)9-3-1-8(2-4-9)13-7-12(26)10-5-6-11(25)14(27)15(10)28-13/h1-7,25,27H. The summed E-state index contributed by atoms with van der Waals surface area (Å²) in [5, 5.41) is 19.2. The molecule has 0 spiro atoms. The van der Waals surface area contributed by atoms with Crippen LogP contribution in [0.25, 0.3) is 22.3 Å². The zero-order valence-corrected chi connectivity index (χ0v) is 13.5. The SMILES string of the molecule is O=c1cc(-c2ccc(N(C(F)(F)F)C(F)(F)F)cc2)oc2c(O)c(O)ccc12. The number of fused-ring (bicyclic) bond motifs is 1. The average Bonchev–Trinajstić information content (AvgIpc) is 2.56. The summed E-state index contributed by atoms with van der Waals surface area (Å²) >= 11 is 0. The minimum Gasteiger partial charge on any atom is -0.504 e. The summed E-state index contributed by atoms with van der Waals surface area (Å²) in [7, 11) is 0. The molecule has 0 aliphatic carbocycles. The number of rotatable bonds is 2. The molecule has 3 aromatic rings. The number of benzene rings is 2. The third kappa shape index (κ3) is 3.42. The number of hydrogen-bond donors (Lipinski definition) is 2. The molecule has 0 fully saturated rings. The Bertz CT molecular complexity index is 1070. The van der Waals surface area contributed by atoms with Crippen LogP contribution in [0.4, 0.5) is 32.0 Å². The Kier molecular flexibility index (Phi) is 4.40. The first kappa shape index (κ1) is 19.4. The van der Waals surface area contributed by atoms with E-state index in [-0.39, 0.29) is 22.3 Å². The topological polar surface area (TPSA) is 73.9 Å².